The van der Waals surface area contributed by atoms with Crippen molar-refractivity contribution in [2.75, 3.05) is 13.1 Å². The normalized spacial score (nSPS) is 29.7. The zero-order valence-electron chi connectivity index (χ0n) is 11.5. The number of thiophene rings is 1. The van der Waals surface area contributed by atoms with E-state index in [1.54, 1.807) is 6.07 Å². The third kappa shape index (κ3) is 2.27. The summed E-state index contributed by atoms with van der Waals surface area (Å²) in [7, 11) is -3.62. The molecule has 0 radical (unpaired) electrons. The van der Waals surface area contributed by atoms with Crippen LogP contribution in [0.3, 0.4) is 0 Å². The Hall–Kier alpha value is -0.440. The van der Waals surface area contributed by atoms with Crippen molar-refractivity contribution in [1.29, 1.82) is 0 Å². The van der Waals surface area contributed by atoms with Gasteiger partial charge in [0.05, 0.1) is 5.41 Å². The predicted molar refractivity (Wildman–Crippen MR) is 82.9 cm³/mol. The highest BCUT2D eigenvalue weighted by molar-refractivity contribution is 9.10. The van der Waals surface area contributed by atoms with Crippen LogP contribution in [-0.4, -0.2) is 36.9 Å². The number of sulfonamides is 1. The molecule has 3 rings (SSSR count). The molecule has 1 aliphatic heterocycles. The molecule has 5 nitrogen and oxygen atoms in total. The number of halogens is 1. The number of nitrogens with zero attached hydrogens (tertiary/aromatic N) is 1. The van der Waals surface area contributed by atoms with E-state index in [1.165, 1.54) is 15.6 Å². The quantitative estimate of drug-likeness (QED) is 0.856. The van der Waals surface area contributed by atoms with Crippen LogP contribution in [0.15, 0.2) is 14.7 Å². The number of hydrogen-bond acceptors (Lipinski definition) is 4. The van der Waals surface area contributed by atoms with Gasteiger partial charge in [-0.2, -0.15) is 4.31 Å². The molecule has 1 aromatic heterocycles. The Balaban J connectivity index is 1.96. The van der Waals surface area contributed by atoms with Crippen LogP contribution >= 0.6 is 27.3 Å². The smallest absolute Gasteiger partial charge is 0.311 e. The lowest BCUT2D eigenvalue weighted by Gasteiger charge is -2.23. The molecule has 2 atom stereocenters. The van der Waals surface area contributed by atoms with Crippen molar-refractivity contribution in [2.24, 2.45) is 11.3 Å². The highest BCUT2D eigenvalue weighted by atomic mass is 79.9. The van der Waals surface area contributed by atoms with Crippen LogP contribution in [-0.2, 0) is 14.8 Å². The maximum absolute atomic E-state index is 12.8. The molecule has 2 aliphatic rings. The molecular weight excluding hydrogens is 378 g/mol. The van der Waals surface area contributed by atoms with E-state index >= 15 is 0 Å². The standard InChI is InChI=1S/C13H16BrNO4S2/c1-8-5-10(14)11(20-8)21(18,19)15-6-9-3-2-4-13(9,7-15)12(16)17/h5,9H,2-4,6-7H2,1H3,(H,16,17)/t9-,13+/m0/s1. The van der Waals surface area contributed by atoms with E-state index in [0.29, 0.717) is 17.4 Å². The molecule has 1 aliphatic carbocycles. The summed E-state index contributed by atoms with van der Waals surface area (Å²) in [5, 5.41) is 9.56. The summed E-state index contributed by atoms with van der Waals surface area (Å²) >= 11 is 4.51. The lowest BCUT2D eigenvalue weighted by molar-refractivity contribution is -0.149. The Morgan fingerprint density at radius 3 is 2.81 bits per heavy atom. The highest BCUT2D eigenvalue weighted by Gasteiger charge is 2.57. The van der Waals surface area contributed by atoms with Crippen LogP contribution < -0.4 is 0 Å². The summed E-state index contributed by atoms with van der Waals surface area (Å²) in [6.07, 6.45) is 2.24. The Kier molecular flexibility index (Phi) is 3.71. The van der Waals surface area contributed by atoms with Crippen LogP contribution in [0.2, 0.25) is 0 Å². The topological polar surface area (TPSA) is 74.7 Å². The number of aliphatic carboxylic acids is 1. The highest BCUT2D eigenvalue weighted by Crippen LogP contribution is 2.50. The first-order chi connectivity index (χ1) is 9.77. The molecular formula is C13H16BrNO4S2. The number of carbonyl (C=O) groups is 1. The van der Waals surface area contributed by atoms with E-state index < -0.39 is 21.4 Å². The van der Waals surface area contributed by atoms with Crippen molar-refractivity contribution >= 4 is 43.3 Å². The first-order valence-corrected chi connectivity index (χ1v) is 9.82. The number of aryl methyl sites for hydroxylation is 1. The van der Waals surface area contributed by atoms with E-state index in [2.05, 4.69) is 15.9 Å². The van der Waals surface area contributed by atoms with E-state index in [-0.39, 0.29) is 16.7 Å². The monoisotopic (exact) mass is 393 g/mol. The maximum Gasteiger partial charge on any atom is 0.311 e. The Labute approximate surface area is 136 Å². The summed E-state index contributed by atoms with van der Waals surface area (Å²) in [6, 6.07) is 1.78. The van der Waals surface area contributed by atoms with Crippen molar-refractivity contribution in [1.82, 2.24) is 4.31 Å². The lowest BCUT2D eigenvalue weighted by Crippen LogP contribution is -2.37. The third-order valence-corrected chi connectivity index (χ3v) is 9.14. The summed E-state index contributed by atoms with van der Waals surface area (Å²) in [4.78, 5) is 12.6. The number of rotatable bonds is 3. The summed E-state index contributed by atoms with van der Waals surface area (Å²) < 4.78 is 27.8. The minimum Gasteiger partial charge on any atom is -0.481 e. The molecule has 8 heteroatoms. The molecule has 0 bridgehead atoms. The number of fused-ring (bicyclic) bond motifs is 1. The molecule has 1 N–H and O–H groups in total. The van der Waals surface area contributed by atoms with Crippen molar-refractivity contribution < 1.29 is 18.3 Å². The lowest BCUT2D eigenvalue weighted by atomic mass is 9.81. The zero-order chi connectivity index (χ0) is 15.4. The number of carboxylic acid groups (broad SMARTS) is 1. The molecule has 1 saturated carbocycles. The van der Waals surface area contributed by atoms with Gasteiger partial charge in [-0.05, 0) is 47.7 Å². The van der Waals surface area contributed by atoms with Gasteiger partial charge in [0.25, 0.3) is 10.0 Å². The minimum absolute atomic E-state index is 0.0652. The van der Waals surface area contributed by atoms with Gasteiger partial charge in [-0.25, -0.2) is 8.42 Å². The van der Waals surface area contributed by atoms with E-state index in [1.807, 2.05) is 6.92 Å². The first kappa shape index (κ1) is 15.5. The maximum atomic E-state index is 12.8. The fourth-order valence-corrected chi connectivity index (χ4v) is 7.96. The Morgan fingerprint density at radius 2 is 2.29 bits per heavy atom. The average Bonchev–Trinajstić information content (AvgIpc) is 3.00. The summed E-state index contributed by atoms with van der Waals surface area (Å²) in [5.41, 5.74) is -0.883. The van der Waals surface area contributed by atoms with Crippen LogP contribution in [0, 0.1) is 18.3 Å². The Morgan fingerprint density at radius 1 is 1.57 bits per heavy atom. The first-order valence-electron chi connectivity index (χ1n) is 6.77. The molecule has 2 heterocycles. The van der Waals surface area contributed by atoms with Crippen LogP contribution in [0.1, 0.15) is 24.1 Å². The van der Waals surface area contributed by atoms with Gasteiger partial charge in [0.2, 0.25) is 0 Å². The fraction of sp³-hybridized carbons (Fsp3) is 0.615. The van der Waals surface area contributed by atoms with E-state index in [0.717, 1.165) is 17.7 Å². The van der Waals surface area contributed by atoms with E-state index in [4.69, 9.17) is 0 Å². The van der Waals surface area contributed by atoms with Gasteiger partial charge in [0.1, 0.15) is 4.21 Å². The average molecular weight is 394 g/mol. The second-order valence-electron chi connectivity index (χ2n) is 5.84. The van der Waals surface area contributed by atoms with Gasteiger partial charge >= 0.3 is 5.97 Å². The number of carboxylic acids is 1. The zero-order valence-corrected chi connectivity index (χ0v) is 14.7. The van der Waals surface area contributed by atoms with Crippen molar-refractivity contribution in [3.8, 4) is 0 Å². The molecule has 116 valence electrons. The second kappa shape index (κ2) is 5.04. The number of hydrogen-bond donors (Lipinski definition) is 1. The van der Waals surface area contributed by atoms with Crippen molar-refractivity contribution in [3.63, 3.8) is 0 Å². The molecule has 2 fully saturated rings. The molecule has 0 spiro atoms. The fourth-order valence-electron chi connectivity index (χ4n) is 3.53. The van der Waals surface area contributed by atoms with Gasteiger partial charge in [-0.3, -0.25) is 4.79 Å². The van der Waals surface area contributed by atoms with Crippen LogP contribution in [0.5, 0.6) is 0 Å². The van der Waals surface area contributed by atoms with Gasteiger partial charge in [-0.1, -0.05) is 6.42 Å². The molecule has 1 aromatic rings. The second-order valence-corrected chi connectivity index (χ2v) is 10.1. The summed E-state index contributed by atoms with van der Waals surface area (Å²) in [5.74, 6) is -0.922. The summed E-state index contributed by atoms with van der Waals surface area (Å²) in [6.45, 7) is 2.27. The van der Waals surface area contributed by atoms with Crippen LogP contribution in [0.4, 0.5) is 0 Å². The van der Waals surface area contributed by atoms with Crippen molar-refractivity contribution in [2.45, 2.75) is 30.4 Å². The van der Waals surface area contributed by atoms with Gasteiger partial charge in [0, 0.05) is 22.4 Å². The van der Waals surface area contributed by atoms with Gasteiger partial charge in [-0.15, -0.1) is 11.3 Å². The minimum atomic E-state index is -3.62. The molecule has 0 aromatic carbocycles. The SMILES string of the molecule is Cc1cc(Br)c(S(=O)(=O)N2C[C@@H]3CCC[C@@]3(C(=O)O)C2)s1. The third-order valence-electron chi connectivity index (χ3n) is 4.62. The van der Waals surface area contributed by atoms with Crippen molar-refractivity contribution in [3.05, 3.63) is 15.4 Å². The van der Waals surface area contributed by atoms with Crippen LogP contribution in [0.25, 0.3) is 0 Å². The Bertz CT molecular complexity index is 699. The molecule has 0 unspecified atom stereocenters. The predicted octanol–water partition coefficient (Wildman–Crippen LogP) is 2.69. The van der Waals surface area contributed by atoms with Gasteiger partial charge < -0.3 is 5.11 Å². The van der Waals surface area contributed by atoms with Gasteiger partial charge in [0.15, 0.2) is 0 Å². The molecule has 1 saturated heterocycles. The largest absolute Gasteiger partial charge is 0.481 e. The molecule has 0 amide bonds. The van der Waals surface area contributed by atoms with E-state index in [9.17, 15) is 18.3 Å². The molecule has 21 heavy (non-hydrogen) atoms.